The number of hydrogen-bond donors (Lipinski definition) is 1. The summed E-state index contributed by atoms with van der Waals surface area (Å²) in [7, 11) is 1.48. The van der Waals surface area contributed by atoms with Gasteiger partial charge in [-0.15, -0.1) is 0 Å². The molecule has 1 atom stereocenters. The number of nitrogens with zero attached hydrogens (tertiary/aromatic N) is 1. The molecule has 1 saturated heterocycles. The van der Waals surface area contributed by atoms with Crippen LogP contribution in [0.5, 0.6) is 11.5 Å². The highest BCUT2D eigenvalue weighted by Crippen LogP contribution is 2.42. The summed E-state index contributed by atoms with van der Waals surface area (Å²) < 4.78 is 16.6. The third-order valence-electron chi connectivity index (χ3n) is 6.29. The van der Waals surface area contributed by atoms with E-state index in [2.05, 4.69) is 0 Å². The molecule has 1 N–H and O–H groups in total. The molecule has 1 aliphatic heterocycles. The zero-order chi connectivity index (χ0) is 26.6. The molecular formula is C30H24ClNO6. The molecular weight excluding hydrogens is 506 g/mol. The minimum absolute atomic E-state index is 0.0392. The topological polar surface area (TPSA) is 89.2 Å². The maximum Gasteiger partial charge on any atom is 0.296 e. The predicted octanol–water partition coefficient (Wildman–Crippen LogP) is 6.14. The molecule has 0 aliphatic carbocycles. The number of amides is 1. The van der Waals surface area contributed by atoms with E-state index in [-0.39, 0.29) is 28.5 Å². The number of hydrogen-bond acceptors (Lipinski definition) is 6. The zero-order valence-electron chi connectivity index (χ0n) is 20.5. The summed E-state index contributed by atoms with van der Waals surface area (Å²) in [5.74, 6) is -0.412. The molecule has 1 fully saturated rings. The minimum atomic E-state index is -0.888. The number of methoxy groups -OCH3 is 1. The predicted molar refractivity (Wildman–Crippen MR) is 142 cm³/mol. The molecule has 3 aromatic carbocycles. The average Bonchev–Trinajstić information content (AvgIpc) is 3.54. The normalized spacial score (nSPS) is 16.6. The van der Waals surface area contributed by atoms with Crippen molar-refractivity contribution in [2.75, 3.05) is 7.11 Å². The van der Waals surface area contributed by atoms with E-state index in [1.165, 1.54) is 24.3 Å². The summed E-state index contributed by atoms with van der Waals surface area (Å²) in [6, 6.07) is 24.1. The van der Waals surface area contributed by atoms with E-state index in [0.717, 1.165) is 5.56 Å². The lowest BCUT2D eigenvalue weighted by molar-refractivity contribution is -0.140. The highest BCUT2D eigenvalue weighted by Gasteiger charge is 2.46. The lowest BCUT2D eigenvalue weighted by Gasteiger charge is -2.25. The molecule has 0 radical (unpaired) electrons. The van der Waals surface area contributed by atoms with Crippen LogP contribution in [0.4, 0.5) is 0 Å². The van der Waals surface area contributed by atoms with Gasteiger partial charge in [0, 0.05) is 5.56 Å². The lowest BCUT2D eigenvalue weighted by Crippen LogP contribution is -2.29. The molecule has 0 saturated carbocycles. The van der Waals surface area contributed by atoms with E-state index in [9.17, 15) is 14.7 Å². The van der Waals surface area contributed by atoms with Crippen LogP contribution >= 0.6 is 11.6 Å². The maximum absolute atomic E-state index is 13.3. The molecule has 7 nitrogen and oxygen atoms in total. The SMILES string of the molecule is COc1ccc(/C(O)=C2\C(=O)C(=O)N(Cc3ccco3)C2c2cccc(OCc3ccccc3)c2)cc1Cl. The fraction of sp³-hybridized carbons (Fsp3) is 0.133. The van der Waals surface area contributed by atoms with Crippen molar-refractivity contribution >= 4 is 29.1 Å². The number of likely N-dealkylation sites (tertiary alicyclic amines) is 1. The Morgan fingerprint density at radius 1 is 1.00 bits per heavy atom. The molecule has 1 aliphatic rings. The Bertz CT molecular complexity index is 1500. The van der Waals surface area contributed by atoms with Crippen LogP contribution < -0.4 is 9.47 Å². The summed E-state index contributed by atoms with van der Waals surface area (Å²) in [5, 5.41) is 11.6. The summed E-state index contributed by atoms with van der Waals surface area (Å²) in [4.78, 5) is 27.9. The van der Waals surface area contributed by atoms with E-state index in [4.69, 9.17) is 25.5 Å². The highest BCUT2D eigenvalue weighted by molar-refractivity contribution is 6.46. The van der Waals surface area contributed by atoms with Gasteiger partial charge in [0.25, 0.3) is 11.7 Å². The van der Waals surface area contributed by atoms with Crippen LogP contribution in [0.3, 0.4) is 0 Å². The second kappa shape index (κ2) is 10.9. The molecule has 2 heterocycles. The third kappa shape index (κ3) is 5.01. The summed E-state index contributed by atoms with van der Waals surface area (Å²) in [5.41, 5.74) is 1.83. The highest BCUT2D eigenvalue weighted by atomic mass is 35.5. The number of carbonyl (C=O) groups excluding carboxylic acids is 2. The van der Waals surface area contributed by atoms with Crippen LogP contribution in [0.2, 0.25) is 5.02 Å². The number of aliphatic hydroxyl groups is 1. The lowest BCUT2D eigenvalue weighted by atomic mass is 9.95. The van der Waals surface area contributed by atoms with Crippen molar-refractivity contribution in [3.8, 4) is 11.5 Å². The van der Waals surface area contributed by atoms with Gasteiger partial charge >= 0.3 is 0 Å². The standard InChI is InChI=1S/C30H24ClNO6/c1-36-25-13-12-21(16-24(25)31)28(33)26-27(32(30(35)29(26)34)17-23-11-6-14-37-23)20-9-5-10-22(15-20)38-18-19-7-3-2-4-8-19/h2-16,27,33H,17-18H2,1H3/b28-26+. The van der Waals surface area contributed by atoms with Gasteiger partial charge in [0.2, 0.25) is 0 Å². The molecule has 5 rings (SSSR count). The number of furan rings is 1. The molecule has 0 spiro atoms. The molecule has 0 bridgehead atoms. The van der Waals surface area contributed by atoms with Gasteiger partial charge in [-0.05, 0) is 53.6 Å². The largest absolute Gasteiger partial charge is 0.507 e. The summed E-state index contributed by atoms with van der Waals surface area (Å²) in [6.45, 7) is 0.388. The van der Waals surface area contributed by atoms with E-state index >= 15 is 0 Å². The van der Waals surface area contributed by atoms with Crippen molar-refractivity contribution in [1.29, 1.82) is 0 Å². The van der Waals surface area contributed by atoms with Crippen molar-refractivity contribution < 1.29 is 28.6 Å². The quantitative estimate of drug-likeness (QED) is 0.167. The second-order valence-corrected chi connectivity index (χ2v) is 9.11. The molecule has 4 aromatic rings. The van der Waals surface area contributed by atoms with Gasteiger partial charge < -0.3 is 23.9 Å². The summed E-state index contributed by atoms with van der Waals surface area (Å²) in [6.07, 6.45) is 1.50. The van der Waals surface area contributed by atoms with Gasteiger partial charge in [-0.3, -0.25) is 9.59 Å². The van der Waals surface area contributed by atoms with Gasteiger partial charge in [-0.2, -0.15) is 0 Å². The Balaban J connectivity index is 1.57. The Kier molecular flexibility index (Phi) is 7.20. The number of rotatable bonds is 8. The zero-order valence-corrected chi connectivity index (χ0v) is 21.2. The molecule has 1 amide bonds. The van der Waals surface area contributed by atoms with E-state index in [1.54, 1.807) is 48.5 Å². The molecule has 38 heavy (non-hydrogen) atoms. The van der Waals surface area contributed by atoms with Gasteiger partial charge in [0.15, 0.2) is 0 Å². The maximum atomic E-state index is 13.3. The van der Waals surface area contributed by atoms with Crippen LogP contribution in [0.1, 0.15) is 28.5 Å². The Morgan fingerprint density at radius 3 is 2.53 bits per heavy atom. The van der Waals surface area contributed by atoms with E-state index in [1.807, 2.05) is 30.3 Å². The number of aliphatic hydroxyl groups excluding tert-OH is 1. The van der Waals surface area contributed by atoms with Gasteiger partial charge in [-0.25, -0.2) is 0 Å². The van der Waals surface area contributed by atoms with Gasteiger partial charge in [0.1, 0.15) is 29.6 Å². The van der Waals surface area contributed by atoms with Gasteiger partial charge in [0.05, 0.1) is 36.6 Å². The fourth-order valence-corrected chi connectivity index (χ4v) is 4.70. The van der Waals surface area contributed by atoms with Crippen LogP contribution in [0.25, 0.3) is 5.76 Å². The molecule has 1 aromatic heterocycles. The number of ketones is 1. The number of Topliss-reactive ketones (excluding diaryl/α,β-unsaturated/α-hetero) is 1. The summed E-state index contributed by atoms with van der Waals surface area (Å²) >= 11 is 6.28. The third-order valence-corrected chi connectivity index (χ3v) is 6.59. The van der Waals surface area contributed by atoms with Gasteiger partial charge in [-0.1, -0.05) is 54.1 Å². The Morgan fingerprint density at radius 2 is 1.82 bits per heavy atom. The Hall–Kier alpha value is -4.49. The van der Waals surface area contributed by atoms with Crippen molar-refractivity contribution in [2.24, 2.45) is 0 Å². The van der Waals surface area contributed by atoms with Crippen LogP contribution in [0.15, 0.2) is 101 Å². The number of halogens is 1. The Labute approximate surface area is 224 Å². The van der Waals surface area contributed by atoms with Crippen LogP contribution in [0, 0.1) is 0 Å². The fourth-order valence-electron chi connectivity index (χ4n) is 4.44. The van der Waals surface area contributed by atoms with Crippen LogP contribution in [-0.2, 0) is 22.7 Å². The first-order chi connectivity index (χ1) is 18.5. The minimum Gasteiger partial charge on any atom is -0.507 e. The number of carbonyl (C=O) groups is 2. The first kappa shape index (κ1) is 25.2. The van der Waals surface area contributed by atoms with Crippen LogP contribution in [-0.4, -0.2) is 28.8 Å². The van der Waals surface area contributed by atoms with Crippen molar-refractivity contribution in [2.45, 2.75) is 19.2 Å². The first-order valence-corrected chi connectivity index (χ1v) is 12.3. The smallest absolute Gasteiger partial charge is 0.296 e. The van der Waals surface area contributed by atoms with E-state index in [0.29, 0.717) is 29.4 Å². The molecule has 192 valence electrons. The van der Waals surface area contributed by atoms with Crippen molar-refractivity contribution in [3.63, 3.8) is 0 Å². The average molecular weight is 530 g/mol. The monoisotopic (exact) mass is 529 g/mol. The molecule has 1 unspecified atom stereocenters. The van der Waals surface area contributed by atoms with Crippen molar-refractivity contribution in [1.82, 2.24) is 4.90 Å². The van der Waals surface area contributed by atoms with Crippen molar-refractivity contribution in [3.05, 3.63) is 124 Å². The molecule has 8 heteroatoms. The number of ether oxygens (including phenoxy) is 2. The second-order valence-electron chi connectivity index (χ2n) is 8.70. The number of benzene rings is 3. The van der Waals surface area contributed by atoms with E-state index < -0.39 is 17.7 Å². The first-order valence-electron chi connectivity index (χ1n) is 11.9.